The zero-order valence-corrected chi connectivity index (χ0v) is 5.17. The van der Waals surface area contributed by atoms with Crippen molar-refractivity contribution in [2.24, 2.45) is 0 Å². The Bertz CT molecular complexity index is 160. The van der Waals surface area contributed by atoms with Crippen LogP contribution in [-0.2, 0) is 0 Å². The number of rotatable bonds is 2. The van der Waals surface area contributed by atoms with Crippen LogP contribution in [0.25, 0.3) is 0 Å². The fourth-order valence-corrected chi connectivity index (χ4v) is 0.595. The van der Waals surface area contributed by atoms with Crippen molar-refractivity contribution >= 4 is 5.82 Å². The normalized spacial score (nSPS) is 9.00. The number of nitrogens with one attached hydrogen (secondary N) is 1. The van der Waals surface area contributed by atoms with Crippen LogP contribution in [0.2, 0.25) is 0 Å². The van der Waals surface area contributed by atoms with Crippen molar-refractivity contribution in [3.63, 3.8) is 0 Å². The van der Waals surface area contributed by atoms with E-state index in [1.165, 1.54) is 0 Å². The van der Waals surface area contributed by atoms with Gasteiger partial charge in [-0.05, 0) is 19.1 Å². The summed E-state index contributed by atoms with van der Waals surface area (Å²) in [6, 6.07) is 5.73. The number of pyridine rings is 1. The lowest BCUT2D eigenvalue weighted by Gasteiger charge is -1.97. The smallest absolute Gasteiger partial charge is 0.125 e. The van der Waals surface area contributed by atoms with Crippen LogP contribution < -0.4 is 5.32 Å². The molecule has 1 heterocycles. The van der Waals surface area contributed by atoms with Gasteiger partial charge in [0.2, 0.25) is 0 Å². The first-order chi connectivity index (χ1) is 4.43. The summed E-state index contributed by atoms with van der Waals surface area (Å²) in [5, 5.41) is 2.99. The lowest BCUT2D eigenvalue weighted by Crippen LogP contribution is -1.97. The van der Waals surface area contributed by atoms with Crippen molar-refractivity contribution < 1.29 is 0 Å². The van der Waals surface area contributed by atoms with Crippen LogP contribution in [0.15, 0.2) is 24.4 Å². The summed E-state index contributed by atoms with van der Waals surface area (Å²) in [5.41, 5.74) is 0. The van der Waals surface area contributed by atoms with Crippen molar-refractivity contribution in [3.05, 3.63) is 31.3 Å². The second-order valence-corrected chi connectivity index (χ2v) is 1.64. The van der Waals surface area contributed by atoms with E-state index in [4.69, 9.17) is 0 Å². The first-order valence-corrected chi connectivity index (χ1v) is 2.87. The number of hydrogen-bond donors (Lipinski definition) is 1. The molecule has 1 aromatic heterocycles. The third-order valence-electron chi connectivity index (χ3n) is 0.971. The summed E-state index contributed by atoms with van der Waals surface area (Å²) in [5.74, 6) is 0.882. The number of aromatic nitrogens is 1. The van der Waals surface area contributed by atoms with Gasteiger partial charge in [-0.25, -0.2) is 4.98 Å². The minimum Gasteiger partial charge on any atom is -0.370 e. The van der Waals surface area contributed by atoms with E-state index in [1.54, 1.807) is 6.20 Å². The quantitative estimate of drug-likeness (QED) is 0.638. The Hall–Kier alpha value is -1.05. The molecular weight excluding hydrogens is 112 g/mol. The average molecular weight is 121 g/mol. The maximum absolute atomic E-state index is 4.02. The van der Waals surface area contributed by atoms with E-state index in [0.29, 0.717) is 6.54 Å². The van der Waals surface area contributed by atoms with Crippen molar-refractivity contribution in [3.8, 4) is 0 Å². The van der Waals surface area contributed by atoms with Gasteiger partial charge in [-0.15, -0.1) is 0 Å². The zero-order chi connectivity index (χ0) is 6.53. The van der Waals surface area contributed by atoms with Crippen LogP contribution in [0.3, 0.4) is 0 Å². The van der Waals surface area contributed by atoms with Crippen molar-refractivity contribution in [2.75, 3.05) is 11.9 Å². The average Bonchev–Trinajstić information content (AvgIpc) is 1.91. The second-order valence-electron chi connectivity index (χ2n) is 1.64. The Kier molecular flexibility index (Phi) is 2.07. The molecule has 2 nitrogen and oxygen atoms in total. The van der Waals surface area contributed by atoms with E-state index >= 15 is 0 Å². The third kappa shape index (κ3) is 1.72. The van der Waals surface area contributed by atoms with Gasteiger partial charge in [0, 0.05) is 12.7 Å². The largest absolute Gasteiger partial charge is 0.370 e. The van der Waals surface area contributed by atoms with Gasteiger partial charge in [0.1, 0.15) is 5.82 Å². The van der Waals surface area contributed by atoms with E-state index in [2.05, 4.69) is 17.2 Å². The van der Waals surface area contributed by atoms with Crippen LogP contribution in [0.1, 0.15) is 0 Å². The van der Waals surface area contributed by atoms with Crippen LogP contribution in [0.4, 0.5) is 5.82 Å². The van der Waals surface area contributed by atoms with Gasteiger partial charge in [0.05, 0.1) is 0 Å². The van der Waals surface area contributed by atoms with Crippen LogP contribution in [-0.4, -0.2) is 11.5 Å². The van der Waals surface area contributed by atoms with Crippen LogP contribution >= 0.6 is 0 Å². The molecule has 1 radical (unpaired) electrons. The fourth-order valence-electron chi connectivity index (χ4n) is 0.595. The lowest BCUT2D eigenvalue weighted by atomic mass is 10.5. The summed E-state index contributed by atoms with van der Waals surface area (Å²) in [4.78, 5) is 4.02. The Morgan fingerprint density at radius 2 is 2.44 bits per heavy atom. The number of anilines is 1. The molecule has 0 aromatic carbocycles. The summed E-state index contributed by atoms with van der Waals surface area (Å²) in [6.45, 7) is 4.31. The Morgan fingerprint density at radius 1 is 1.56 bits per heavy atom. The molecule has 0 spiro atoms. The molecule has 1 aromatic rings. The molecule has 0 unspecified atom stereocenters. The molecule has 2 heteroatoms. The SMILES string of the molecule is [CH2]CNc1ccccn1. The van der Waals surface area contributed by atoms with Crippen molar-refractivity contribution in [1.82, 2.24) is 4.98 Å². The lowest BCUT2D eigenvalue weighted by molar-refractivity contribution is 1.23. The third-order valence-corrected chi connectivity index (χ3v) is 0.971. The van der Waals surface area contributed by atoms with E-state index in [0.717, 1.165) is 5.82 Å². The molecule has 47 valence electrons. The molecule has 0 atom stereocenters. The molecule has 0 amide bonds. The Balaban J connectivity index is 2.61. The summed E-state index contributed by atoms with van der Waals surface area (Å²) < 4.78 is 0. The highest BCUT2D eigenvalue weighted by atomic mass is 15.0. The van der Waals surface area contributed by atoms with Gasteiger partial charge in [-0.2, -0.15) is 0 Å². The molecule has 0 saturated heterocycles. The predicted molar refractivity (Wildman–Crippen MR) is 38.1 cm³/mol. The minimum atomic E-state index is 0.678. The van der Waals surface area contributed by atoms with E-state index in [1.807, 2.05) is 18.2 Å². The van der Waals surface area contributed by atoms with Crippen molar-refractivity contribution in [2.45, 2.75) is 0 Å². The van der Waals surface area contributed by atoms with Gasteiger partial charge >= 0.3 is 0 Å². The number of nitrogens with zero attached hydrogens (tertiary/aromatic N) is 1. The first-order valence-electron chi connectivity index (χ1n) is 2.87. The molecule has 0 saturated carbocycles. The molecule has 0 bridgehead atoms. The summed E-state index contributed by atoms with van der Waals surface area (Å²) in [6.07, 6.45) is 1.75. The van der Waals surface area contributed by atoms with Gasteiger partial charge in [-0.1, -0.05) is 6.07 Å². The fraction of sp³-hybridized carbons (Fsp3) is 0.143. The second kappa shape index (κ2) is 3.07. The van der Waals surface area contributed by atoms with Gasteiger partial charge in [0.15, 0.2) is 0 Å². The zero-order valence-electron chi connectivity index (χ0n) is 5.17. The van der Waals surface area contributed by atoms with E-state index in [-0.39, 0.29) is 0 Å². The standard InChI is InChI=1S/C7H9N2/c1-2-8-7-5-3-4-6-9-7/h3-6H,1-2H2,(H,8,9). The summed E-state index contributed by atoms with van der Waals surface area (Å²) >= 11 is 0. The first kappa shape index (κ1) is 6.08. The molecule has 0 aliphatic rings. The van der Waals surface area contributed by atoms with Crippen LogP contribution in [0.5, 0.6) is 0 Å². The summed E-state index contributed by atoms with van der Waals surface area (Å²) in [7, 11) is 0. The van der Waals surface area contributed by atoms with E-state index in [9.17, 15) is 0 Å². The van der Waals surface area contributed by atoms with Crippen molar-refractivity contribution in [1.29, 1.82) is 0 Å². The van der Waals surface area contributed by atoms with Gasteiger partial charge in [-0.3, -0.25) is 0 Å². The van der Waals surface area contributed by atoms with Gasteiger partial charge < -0.3 is 5.32 Å². The molecule has 0 aliphatic heterocycles. The molecule has 1 rings (SSSR count). The number of hydrogen-bond acceptors (Lipinski definition) is 2. The highest BCUT2D eigenvalue weighted by molar-refractivity contribution is 5.32. The Labute approximate surface area is 54.9 Å². The van der Waals surface area contributed by atoms with Gasteiger partial charge in [0.25, 0.3) is 0 Å². The van der Waals surface area contributed by atoms with Crippen LogP contribution in [0, 0.1) is 6.92 Å². The highest BCUT2D eigenvalue weighted by Crippen LogP contribution is 1.97. The molecule has 1 N–H and O–H groups in total. The Morgan fingerprint density at radius 3 is 3.00 bits per heavy atom. The van der Waals surface area contributed by atoms with E-state index < -0.39 is 0 Å². The molecule has 9 heavy (non-hydrogen) atoms. The maximum Gasteiger partial charge on any atom is 0.125 e. The monoisotopic (exact) mass is 121 g/mol. The topological polar surface area (TPSA) is 24.9 Å². The molecular formula is C7H9N2. The maximum atomic E-state index is 4.02. The highest BCUT2D eigenvalue weighted by Gasteiger charge is 1.83. The predicted octanol–water partition coefficient (Wildman–Crippen LogP) is 1.33. The molecule has 0 aliphatic carbocycles. The minimum absolute atomic E-state index is 0.678. The molecule has 0 fully saturated rings.